The molecule has 5 aromatic rings. The molecule has 0 aliphatic carbocycles. The van der Waals surface area contributed by atoms with Gasteiger partial charge in [-0.25, -0.2) is 4.98 Å². The lowest BCUT2D eigenvalue weighted by atomic mass is 9.96. The molecule has 1 saturated heterocycles. The van der Waals surface area contributed by atoms with Gasteiger partial charge in [0, 0.05) is 43.5 Å². The Labute approximate surface area is 224 Å². The molecule has 0 amide bonds. The summed E-state index contributed by atoms with van der Waals surface area (Å²) in [5, 5.41) is 4.97. The zero-order valence-corrected chi connectivity index (χ0v) is 22.2. The molecule has 2 aromatic heterocycles. The van der Waals surface area contributed by atoms with Crippen molar-refractivity contribution in [3.8, 4) is 16.9 Å². The molecule has 3 heterocycles. The largest absolute Gasteiger partial charge is 0.496 e. The number of piperazine rings is 1. The summed E-state index contributed by atoms with van der Waals surface area (Å²) in [7, 11) is 1.71. The summed E-state index contributed by atoms with van der Waals surface area (Å²) in [6.07, 6.45) is 0. The first kappa shape index (κ1) is 24.2. The Kier molecular flexibility index (Phi) is 6.56. The van der Waals surface area contributed by atoms with Crippen molar-refractivity contribution in [2.24, 2.45) is 0 Å². The Bertz CT molecular complexity index is 1500. The summed E-state index contributed by atoms with van der Waals surface area (Å²) in [5.41, 5.74) is 7.51. The second-order valence-electron chi connectivity index (χ2n) is 9.90. The highest BCUT2D eigenvalue weighted by molar-refractivity contribution is 5.84. The third kappa shape index (κ3) is 4.41. The molecule has 6 heteroatoms. The van der Waals surface area contributed by atoms with Crippen LogP contribution in [0.5, 0.6) is 5.75 Å². The van der Waals surface area contributed by atoms with Crippen molar-refractivity contribution in [2.75, 3.05) is 38.2 Å². The third-order valence-corrected chi connectivity index (χ3v) is 7.48. The molecular formula is C32H33N5O. The van der Waals surface area contributed by atoms with Crippen LogP contribution in [-0.2, 0) is 0 Å². The Morgan fingerprint density at radius 1 is 0.763 bits per heavy atom. The maximum Gasteiger partial charge on any atom is 0.165 e. The van der Waals surface area contributed by atoms with Gasteiger partial charge >= 0.3 is 0 Å². The molecule has 0 N–H and O–H groups in total. The predicted molar refractivity (Wildman–Crippen MR) is 153 cm³/mol. The highest BCUT2D eigenvalue weighted by Gasteiger charge is 2.28. The monoisotopic (exact) mass is 503 g/mol. The fourth-order valence-corrected chi connectivity index (χ4v) is 5.71. The Balaban J connectivity index is 1.33. The Morgan fingerprint density at radius 2 is 1.37 bits per heavy atom. The van der Waals surface area contributed by atoms with E-state index in [1.54, 1.807) is 7.11 Å². The van der Waals surface area contributed by atoms with Gasteiger partial charge in [-0.2, -0.15) is 9.61 Å². The topological polar surface area (TPSA) is 45.9 Å². The molecule has 1 fully saturated rings. The van der Waals surface area contributed by atoms with Crippen molar-refractivity contribution >= 4 is 11.5 Å². The van der Waals surface area contributed by atoms with Crippen molar-refractivity contribution < 1.29 is 4.74 Å². The molecule has 0 radical (unpaired) electrons. The number of benzene rings is 3. The van der Waals surface area contributed by atoms with Gasteiger partial charge in [-0.1, -0.05) is 78.9 Å². The summed E-state index contributed by atoms with van der Waals surface area (Å²) >= 11 is 0. The van der Waals surface area contributed by atoms with Crippen molar-refractivity contribution in [3.63, 3.8) is 0 Å². The van der Waals surface area contributed by atoms with Crippen LogP contribution >= 0.6 is 0 Å². The molecule has 0 spiro atoms. The molecule has 0 unspecified atom stereocenters. The molecule has 3 aromatic carbocycles. The maximum atomic E-state index is 5.68. The summed E-state index contributed by atoms with van der Waals surface area (Å²) in [6, 6.07) is 32.2. The number of aromatic nitrogens is 3. The number of para-hydroxylation sites is 1. The van der Waals surface area contributed by atoms with Crippen LogP contribution < -0.4 is 9.64 Å². The van der Waals surface area contributed by atoms with Crippen LogP contribution in [0.25, 0.3) is 16.8 Å². The zero-order chi connectivity index (χ0) is 26.1. The minimum atomic E-state index is 0.239. The molecule has 6 nitrogen and oxygen atoms in total. The standard InChI is InChI=1S/C32H33N5O/c1-23-22-29(37-32(33-23)30(24(2)34-37)27-16-10-11-17-28(27)38-3)35-18-20-36(21-19-35)31(25-12-6-4-7-13-25)26-14-8-5-9-15-26/h4-17,22,31H,18-21H2,1-3H3. The van der Waals surface area contributed by atoms with Gasteiger partial charge in [0.25, 0.3) is 0 Å². The van der Waals surface area contributed by atoms with E-state index in [2.05, 4.69) is 96.4 Å². The van der Waals surface area contributed by atoms with Gasteiger partial charge in [-0.3, -0.25) is 4.90 Å². The number of nitrogens with zero attached hydrogens (tertiary/aromatic N) is 5. The summed E-state index contributed by atoms with van der Waals surface area (Å²) in [4.78, 5) is 9.98. The number of hydrogen-bond donors (Lipinski definition) is 0. The first-order valence-corrected chi connectivity index (χ1v) is 13.2. The van der Waals surface area contributed by atoms with Crippen LogP contribution in [0, 0.1) is 13.8 Å². The number of hydrogen-bond acceptors (Lipinski definition) is 5. The number of rotatable bonds is 6. The fraction of sp³-hybridized carbons (Fsp3) is 0.250. The van der Waals surface area contributed by atoms with Crippen LogP contribution in [0.3, 0.4) is 0 Å². The highest BCUT2D eigenvalue weighted by atomic mass is 16.5. The fourth-order valence-electron chi connectivity index (χ4n) is 5.71. The second-order valence-corrected chi connectivity index (χ2v) is 9.90. The molecule has 0 saturated carbocycles. The van der Waals surface area contributed by atoms with Crippen molar-refractivity contribution in [2.45, 2.75) is 19.9 Å². The van der Waals surface area contributed by atoms with Crippen LogP contribution in [0.15, 0.2) is 91.0 Å². The van der Waals surface area contributed by atoms with Gasteiger partial charge in [0.1, 0.15) is 11.6 Å². The number of anilines is 1. The molecule has 1 aliphatic rings. The van der Waals surface area contributed by atoms with Crippen molar-refractivity contribution in [1.29, 1.82) is 0 Å². The van der Waals surface area contributed by atoms with Crippen LogP contribution in [-0.4, -0.2) is 52.8 Å². The molecule has 6 rings (SSSR count). The average Bonchev–Trinajstić information content (AvgIpc) is 3.29. The molecule has 192 valence electrons. The third-order valence-electron chi connectivity index (χ3n) is 7.48. The van der Waals surface area contributed by atoms with E-state index in [9.17, 15) is 0 Å². The number of aryl methyl sites for hydroxylation is 2. The van der Waals surface area contributed by atoms with Gasteiger partial charge in [0.2, 0.25) is 0 Å². The van der Waals surface area contributed by atoms with Crippen LogP contribution in [0.2, 0.25) is 0 Å². The van der Waals surface area contributed by atoms with E-state index < -0.39 is 0 Å². The lowest BCUT2D eigenvalue weighted by Crippen LogP contribution is -2.48. The molecule has 0 atom stereocenters. The van der Waals surface area contributed by atoms with Crippen LogP contribution in [0.4, 0.5) is 5.82 Å². The average molecular weight is 504 g/mol. The maximum absolute atomic E-state index is 5.68. The smallest absolute Gasteiger partial charge is 0.165 e. The Morgan fingerprint density at radius 3 is 2.00 bits per heavy atom. The Hall–Kier alpha value is -4.16. The molecule has 0 bridgehead atoms. The highest BCUT2D eigenvalue weighted by Crippen LogP contribution is 2.36. The van der Waals surface area contributed by atoms with Gasteiger partial charge in [-0.05, 0) is 31.0 Å². The van der Waals surface area contributed by atoms with E-state index in [1.807, 2.05) is 22.7 Å². The quantitative estimate of drug-likeness (QED) is 0.287. The van der Waals surface area contributed by atoms with E-state index >= 15 is 0 Å². The van der Waals surface area contributed by atoms with Gasteiger partial charge in [0.15, 0.2) is 5.65 Å². The van der Waals surface area contributed by atoms with Gasteiger partial charge in [0.05, 0.1) is 24.4 Å². The predicted octanol–water partition coefficient (Wildman–Crippen LogP) is 5.93. The first-order valence-electron chi connectivity index (χ1n) is 13.2. The molecule has 38 heavy (non-hydrogen) atoms. The second kappa shape index (κ2) is 10.3. The summed E-state index contributed by atoms with van der Waals surface area (Å²) in [5.74, 6) is 1.92. The molecular weight excluding hydrogens is 470 g/mol. The van der Waals surface area contributed by atoms with E-state index in [-0.39, 0.29) is 6.04 Å². The summed E-state index contributed by atoms with van der Waals surface area (Å²) in [6.45, 7) is 7.86. The SMILES string of the molecule is COc1ccccc1-c1c(C)nn2c(N3CCN(C(c4ccccc4)c4ccccc4)CC3)cc(C)nc12. The zero-order valence-electron chi connectivity index (χ0n) is 22.2. The van der Waals surface area contributed by atoms with E-state index in [1.165, 1.54) is 11.1 Å². The number of ether oxygens (including phenoxy) is 1. The number of fused-ring (bicyclic) bond motifs is 1. The van der Waals surface area contributed by atoms with E-state index in [4.69, 9.17) is 14.8 Å². The van der Waals surface area contributed by atoms with Crippen molar-refractivity contribution in [3.05, 3.63) is 114 Å². The van der Waals surface area contributed by atoms with E-state index in [0.29, 0.717) is 0 Å². The lowest BCUT2D eigenvalue weighted by molar-refractivity contribution is 0.211. The van der Waals surface area contributed by atoms with E-state index in [0.717, 1.165) is 65.9 Å². The number of methoxy groups -OCH3 is 1. The minimum Gasteiger partial charge on any atom is -0.496 e. The lowest BCUT2D eigenvalue weighted by Gasteiger charge is -2.40. The minimum absolute atomic E-state index is 0.239. The van der Waals surface area contributed by atoms with Gasteiger partial charge in [-0.15, -0.1) is 0 Å². The van der Waals surface area contributed by atoms with Crippen molar-refractivity contribution in [1.82, 2.24) is 19.5 Å². The van der Waals surface area contributed by atoms with Crippen LogP contribution in [0.1, 0.15) is 28.6 Å². The first-order chi connectivity index (χ1) is 18.6. The summed E-state index contributed by atoms with van der Waals surface area (Å²) < 4.78 is 7.70. The normalized spacial score (nSPS) is 14.4. The molecule has 1 aliphatic heterocycles. The van der Waals surface area contributed by atoms with Gasteiger partial charge < -0.3 is 9.64 Å².